The number of aryl methyl sites for hydroxylation is 1. The van der Waals surface area contributed by atoms with E-state index < -0.39 is 0 Å². The minimum atomic E-state index is 0.0324. The maximum atomic E-state index is 11.3. The molecule has 0 aliphatic carbocycles. The number of rotatable bonds is 0. The molecule has 0 saturated carbocycles. The summed E-state index contributed by atoms with van der Waals surface area (Å²) in [6, 6.07) is 1.85. The Morgan fingerprint density at radius 3 is 3.27 bits per heavy atom. The van der Waals surface area contributed by atoms with Gasteiger partial charge in [0.15, 0.2) is 0 Å². The van der Waals surface area contributed by atoms with Crippen LogP contribution in [-0.4, -0.2) is 9.55 Å². The average molecular weight is 166 g/mol. The van der Waals surface area contributed by atoms with Crippen molar-refractivity contribution in [1.29, 1.82) is 0 Å². The van der Waals surface area contributed by atoms with E-state index in [1.54, 1.807) is 7.05 Å². The third kappa shape index (κ3) is 0.867. The van der Waals surface area contributed by atoms with E-state index in [-0.39, 0.29) is 5.56 Å². The van der Waals surface area contributed by atoms with E-state index in [4.69, 9.17) is 0 Å². The summed E-state index contributed by atoms with van der Waals surface area (Å²) in [5.74, 6) is 0. The Hall–Kier alpha value is -1.16. The molecule has 3 nitrogen and oxygen atoms in total. The van der Waals surface area contributed by atoms with E-state index in [9.17, 15) is 4.79 Å². The highest BCUT2D eigenvalue weighted by atomic mass is 32.1. The lowest BCUT2D eigenvalue weighted by Gasteiger charge is -1.93. The van der Waals surface area contributed by atoms with Crippen LogP contribution >= 0.6 is 11.3 Å². The van der Waals surface area contributed by atoms with Crippen molar-refractivity contribution in [3.63, 3.8) is 0 Å². The van der Waals surface area contributed by atoms with Crippen LogP contribution in [0.3, 0.4) is 0 Å². The second kappa shape index (κ2) is 2.17. The number of fused-ring (bicyclic) bond motifs is 1. The topological polar surface area (TPSA) is 34.9 Å². The molecule has 0 aliphatic rings. The molecule has 2 aromatic heterocycles. The molecule has 0 N–H and O–H groups in total. The van der Waals surface area contributed by atoms with Crippen LogP contribution < -0.4 is 5.56 Å². The molecule has 0 spiro atoms. The van der Waals surface area contributed by atoms with Gasteiger partial charge in [-0.2, -0.15) is 0 Å². The SMILES string of the molecule is Cn1cnc2ccsc2c1=O. The number of hydrogen-bond donors (Lipinski definition) is 0. The smallest absolute Gasteiger partial charge is 0.271 e. The predicted octanol–water partition coefficient (Wildman–Crippen LogP) is 0.995. The Kier molecular flexibility index (Phi) is 1.29. The van der Waals surface area contributed by atoms with Gasteiger partial charge in [0.2, 0.25) is 0 Å². The fourth-order valence-electron chi connectivity index (χ4n) is 0.926. The molecule has 0 aliphatic heterocycles. The quantitative estimate of drug-likeness (QED) is 0.585. The second-order valence-electron chi connectivity index (χ2n) is 2.30. The van der Waals surface area contributed by atoms with Crippen LogP contribution in [-0.2, 0) is 7.05 Å². The molecular weight excluding hydrogens is 160 g/mol. The van der Waals surface area contributed by atoms with E-state index in [0.29, 0.717) is 0 Å². The van der Waals surface area contributed by atoms with Gasteiger partial charge in [-0.25, -0.2) is 4.98 Å². The van der Waals surface area contributed by atoms with Crippen molar-refractivity contribution in [2.45, 2.75) is 0 Å². The lowest BCUT2D eigenvalue weighted by atomic mass is 10.5. The Morgan fingerprint density at radius 2 is 2.45 bits per heavy atom. The summed E-state index contributed by atoms with van der Waals surface area (Å²) < 4.78 is 2.22. The summed E-state index contributed by atoms with van der Waals surface area (Å²) in [5.41, 5.74) is 0.822. The molecule has 0 bridgehead atoms. The summed E-state index contributed by atoms with van der Waals surface area (Å²) in [5, 5.41) is 1.87. The van der Waals surface area contributed by atoms with Gasteiger partial charge in [0.05, 0.1) is 11.8 Å². The molecule has 0 fully saturated rings. The average Bonchev–Trinajstić information content (AvgIpc) is 2.45. The number of thiophene rings is 1. The Morgan fingerprint density at radius 1 is 1.64 bits per heavy atom. The molecular formula is C7H6N2OS. The predicted molar refractivity (Wildman–Crippen MR) is 44.9 cm³/mol. The minimum Gasteiger partial charge on any atom is -0.301 e. The monoisotopic (exact) mass is 166 g/mol. The largest absolute Gasteiger partial charge is 0.301 e. The zero-order valence-electron chi connectivity index (χ0n) is 5.94. The van der Waals surface area contributed by atoms with Gasteiger partial charge in [-0.3, -0.25) is 4.79 Å². The molecule has 0 amide bonds. The maximum absolute atomic E-state index is 11.3. The number of hydrogen-bond acceptors (Lipinski definition) is 3. The summed E-state index contributed by atoms with van der Waals surface area (Å²) in [6.07, 6.45) is 1.54. The highest BCUT2D eigenvalue weighted by Gasteiger charge is 2.00. The second-order valence-corrected chi connectivity index (χ2v) is 3.21. The van der Waals surface area contributed by atoms with Crippen LogP contribution in [0.15, 0.2) is 22.6 Å². The van der Waals surface area contributed by atoms with E-state index >= 15 is 0 Å². The van der Waals surface area contributed by atoms with Crippen LogP contribution in [0.2, 0.25) is 0 Å². The highest BCUT2D eigenvalue weighted by molar-refractivity contribution is 7.17. The van der Waals surface area contributed by atoms with Crippen LogP contribution in [0.1, 0.15) is 0 Å². The fraction of sp³-hybridized carbons (Fsp3) is 0.143. The van der Waals surface area contributed by atoms with Crippen molar-refractivity contribution in [2.24, 2.45) is 7.05 Å². The summed E-state index contributed by atoms with van der Waals surface area (Å²) in [7, 11) is 1.70. The first-order valence-electron chi connectivity index (χ1n) is 3.18. The molecule has 11 heavy (non-hydrogen) atoms. The van der Waals surface area contributed by atoms with Crippen LogP contribution in [0.5, 0.6) is 0 Å². The van der Waals surface area contributed by atoms with Crippen molar-refractivity contribution in [2.75, 3.05) is 0 Å². The Balaban J connectivity index is 3.05. The van der Waals surface area contributed by atoms with E-state index in [0.717, 1.165) is 10.2 Å². The summed E-state index contributed by atoms with van der Waals surface area (Å²) in [4.78, 5) is 15.4. The molecule has 2 rings (SSSR count). The molecule has 0 radical (unpaired) electrons. The van der Waals surface area contributed by atoms with Crippen molar-refractivity contribution >= 4 is 21.6 Å². The lowest BCUT2D eigenvalue weighted by molar-refractivity contribution is 0.845. The van der Waals surface area contributed by atoms with E-state index in [2.05, 4.69) is 4.98 Å². The molecule has 2 heterocycles. The maximum Gasteiger partial charge on any atom is 0.271 e. The van der Waals surface area contributed by atoms with E-state index in [1.807, 2.05) is 11.4 Å². The highest BCUT2D eigenvalue weighted by Crippen LogP contribution is 2.12. The molecule has 56 valence electrons. The molecule has 4 heteroatoms. The molecule has 0 saturated heterocycles. The van der Waals surface area contributed by atoms with Crippen molar-refractivity contribution in [3.8, 4) is 0 Å². The fourth-order valence-corrected chi connectivity index (χ4v) is 1.74. The molecule has 0 unspecified atom stereocenters. The lowest BCUT2D eigenvalue weighted by Crippen LogP contribution is -2.15. The first-order chi connectivity index (χ1) is 5.29. The van der Waals surface area contributed by atoms with Gasteiger partial charge < -0.3 is 4.57 Å². The Labute approximate surface area is 66.9 Å². The first-order valence-corrected chi connectivity index (χ1v) is 4.06. The molecule has 0 atom stereocenters. The van der Waals surface area contributed by atoms with Gasteiger partial charge >= 0.3 is 0 Å². The van der Waals surface area contributed by atoms with Crippen molar-refractivity contribution in [3.05, 3.63) is 28.1 Å². The van der Waals surface area contributed by atoms with E-state index in [1.165, 1.54) is 22.2 Å². The van der Waals surface area contributed by atoms with Gasteiger partial charge in [0.25, 0.3) is 5.56 Å². The minimum absolute atomic E-state index is 0.0324. The summed E-state index contributed by atoms with van der Waals surface area (Å²) >= 11 is 1.43. The van der Waals surface area contributed by atoms with Crippen LogP contribution in [0.4, 0.5) is 0 Å². The molecule has 2 aromatic rings. The summed E-state index contributed by atoms with van der Waals surface area (Å²) in [6.45, 7) is 0. The number of aromatic nitrogens is 2. The van der Waals surface area contributed by atoms with Crippen molar-refractivity contribution in [1.82, 2.24) is 9.55 Å². The van der Waals surface area contributed by atoms with Crippen LogP contribution in [0, 0.1) is 0 Å². The van der Waals surface area contributed by atoms with Gasteiger partial charge in [-0.1, -0.05) is 0 Å². The normalized spacial score (nSPS) is 10.6. The number of nitrogens with zero attached hydrogens (tertiary/aromatic N) is 2. The van der Waals surface area contributed by atoms with Crippen LogP contribution in [0.25, 0.3) is 10.2 Å². The third-order valence-corrected chi connectivity index (χ3v) is 2.42. The van der Waals surface area contributed by atoms with Gasteiger partial charge in [0.1, 0.15) is 4.70 Å². The zero-order chi connectivity index (χ0) is 7.84. The van der Waals surface area contributed by atoms with Gasteiger partial charge in [-0.15, -0.1) is 11.3 Å². The van der Waals surface area contributed by atoms with Gasteiger partial charge in [-0.05, 0) is 11.4 Å². The third-order valence-electron chi connectivity index (χ3n) is 1.53. The standard InChI is InChI=1S/C7H6N2OS/c1-9-4-8-5-2-3-11-6(5)7(9)10/h2-4H,1H3. The van der Waals surface area contributed by atoms with Gasteiger partial charge in [0, 0.05) is 7.05 Å². The zero-order valence-corrected chi connectivity index (χ0v) is 6.76. The Bertz CT molecular complexity index is 443. The first kappa shape index (κ1) is 6.54. The van der Waals surface area contributed by atoms with Crippen molar-refractivity contribution < 1.29 is 0 Å². The molecule has 0 aromatic carbocycles.